The Morgan fingerprint density at radius 3 is 1.70 bits per heavy atom. The number of carbonyl (C=O) groups excluding carboxylic acids is 2. The van der Waals surface area contributed by atoms with E-state index in [1.165, 1.54) is 0 Å². The molecule has 0 spiro atoms. The summed E-state index contributed by atoms with van der Waals surface area (Å²) in [5.74, 6) is -1.82. The summed E-state index contributed by atoms with van der Waals surface area (Å²) >= 11 is 0. The molecule has 4 atom stereocenters. The summed E-state index contributed by atoms with van der Waals surface area (Å²) in [6, 6.07) is 6.70. The number of ether oxygens (including phenoxy) is 1. The van der Waals surface area contributed by atoms with Crippen LogP contribution >= 0.6 is 0 Å². The van der Waals surface area contributed by atoms with Crippen LogP contribution in [-0.4, -0.2) is 34.0 Å². The van der Waals surface area contributed by atoms with E-state index in [-0.39, 0.29) is 46.4 Å². The smallest absolute Gasteiger partial charge is 0.171 e. The molecule has 1 saturated heterocycles. The molecule has 5 heteroatoms. The molecule has 1 saturated carbocycles. The molecular formula is C18H14O5. The van der Waals surface area contributed by atoms with Gasteiger partial charge >= 0.3 is 0 Å². The number of aromatic hydroxyl groups is 2. The first-order chi connectivity index (χ1) is 11.1. The number of epoxide rings is 1. The van der Waals surface area contributed by atoms with Gasteiger partial charge in [0.2, 0.25) is 0 Å². The number of Topliss-reactive ketones (excluding diaryl/α,β-unsaturated/α-hetero) is 2. The molecule has 2 aliphatic carbocycles. The average molecular weight is 310 g/mol. The van der Waals surface area contributed by atoms with Gasteiger partial charge in [-0.1, -0.05) is 24.3 Å². The van der Waals surface area contributed by atoms with E-state index in [2.05, 4.69) is 0 Å². The Morgan fingerprint density at radius 1 is 0.826 bits per heavy atom. The van der Waals surface area contributed by atoms with Crippen molar-refractivity contribution in [2.24, 2.45) is 11.8 Å². The minimum atomic E-state index is -0.454. The molecule has 5 nitrogen and oxygen atoms in total. The first-order valence-corrected chi connectivity index (χ1v) is 7.78. The lowest BCUT2D eigenvalue weighted by atomic mass is 9.66. The van der Waals surface area contributed by atoms with E-state index < -0.39 is 11.8 Å². The molecule has 0 amide bonds. The SMILES string of the molecule is O=C1c2c(c(O)c3ccccc3c2O)C(=O)C2CC3OC3CC12. The van der Waals surface area contributed by atoms with Crippen molar-refractivity contribution in [2.75, 3.05) is 0 Å². The Labute approximate surface area is 131 Å². The van der Waals surface area contributed by atoms with E-state index in [9.17, 15) is 19.8 Å². The fraction of sp³-hybridized carbons (Fsp3) is 0.333. The second-order valence-electron chi connectivity index (χ2n) is 6.62. The predicted octanol–water partition coefficient (Wildman–Crippen LogP) is 2.42. The molecule has 0 radical (unpaired) electrons. The van der Waals surface area contributed by atoms with Gasteiger partial charge in [0.1, 0.15) is 11.5 Å². The minimum absolute atomic E-state index is 0.0217. The summed E-state index contributed by atoms with van der Waals surface area (Å²) in [7, 11) is 0. The van der Waals surface area contributed by atoms with Crippen LogP contribution in [-0.2, 0) is 4.74 Å². The Hall–Kier alpha value is -2.40. The molecule has 2 N–H and O–H groups in total. The molecule has 2 aromatic carbocycles. The summed E-state index contributed by atoms with van der Waals surface area (Å²) in [6.07, 6.45) is 1.16. The van der Waals surface area contributed by atoms with Gasteiger partial charge in [-0.25, -0.2) is 0 Å². The number of fused-ring (bicyclic) bond motifs is 4. The summed E-state index contributed by atoms with van der Waals surface area (Å²) in [5, 5.41) is 21.9. The highest BCUT2D eigenvalue weighted by molar-refractivity contribution is 6.22. The molecule has 4 unspecified atom stereocenters. The van der Waals surface area contributed by atoms with E-state index >= 15 is 0 Å². The zero-order valence-corrected chi connectivity index (χ0v) is 12.2. The highest BCUT2D eigenvalue weighted by atomic mass is 16.6. The lowest BCUT2D eigenvalue weighted by Crippen LogP contribution is -2.40. The molecule has 1 heterocycles. The van der Waals surface area contributed by atoms with Gasteiger partial charge in [-0.15, -0.1) is 0 Å². The maximum absolute atomic E-state index is 12.9. The number of benzene rings is 2. The highest BCUT2D eigenvalue weighted by Crippen LogP contribution is 2.52. The topological polar surface area (TPSA) is 87.1 Å². The zero-order chi connectivity index (χ0) is 15.9. The van der Waals surface area contributed by atoms with Crippen molar-refractivity contribution < 1.29 is 24.5 Å². The lowest BCUT2D eigenvalue weighted by molar-refractivity contribution is 0.0690. The van der Waals surface area contributed by atoms with Crippen LogP contribution in [0.15, 0.2) is 24.3 Å². The number of carbonyl (C=O) groups is 2. The Kier molecular flexibility index (Phi) is 2.34. The molecular weight excluding hydrogens is 296 g/mol. The van der Waals surface area contributed by atoms with E-state index in [0.717, 1.165) is 0 Å². The van der Waals surface area contributed by atoms with Gasteiger partial charge in [-0.2, -0.15) is 0 Å². The Morgan fingerprint density at radius 2 is 1.26 bits per heavy atom. The minimum Gasteiger partial charge on any atom is -0.507 e. The summed E-state index contributed by atoms with van der Waals surface area (Å²) in [5.41, 5.74) is -0.0434. The second kappa shape index (κ2) is 4.11. The Balaban J connectivity index is 1.81. The molecule has 23 heavy (non-hydrogen) atoms. The molecule has 5 rings (SSSR count). The zero-order valence-electron chi connectivity index (χ0n) is 12.2. The fourth-order valence-corrected chi connectivity index (χ4v) is 4.26. The summed E-state index contributed by atoms with van der Waals surface area (Å²) < 4.78 is 5.47. The quantitative estimate of drug-likeness (QED) is 0.576. The molecule has 0 bridgehead atoms. The second-order valence-corrected chi connectivity index (χ2v) is 6.62. The largest absolute Gasteiger partial charge is 0.507 e. The molecule has 1 aliphatic heterocycles. The van der Waals surface area contributed by atoms with Crippen LogP contribution in [0, 0.1) is 11.8 Å². The third-order valence-corrected chi connectivity index (χ3v) is 5.47. The number of phenolic OH excluding ortho intramolecular Hbond substituents is 2. The normalized spacial score (nSPS) is 31.5. The van der Waals surface area contributed by atoms with Crippen molar-refractivity contribution in [3.05, 3.63) is 35.4 Å². The van der Waals surface area contributed by atoms with Gasteiger partial charge < -0.3 is 14.9 Å². The predicted molar refractivity (Wildman–Crippen MR) is 80.8 cm³/mol. The van der Waals surface area contributed by atoms with Crippen LogP contribution in [0.25, 0.3) is 10.8 Å². The van der Waals surface area contributed by atoms with Gasteiger partial charge in [-0.3, -0.25) is 9.59 Å². The van der Waals surface area contributed by atoms with Crippen LogP contribution in [0.3, 0.4) is 0 Å². The third-order valence-electron chi connectivity index (χ3n) is 5.47. The van der Waals surface area contributed by atoms with Gasteiger partial charge in [-0.05, 0) is 12.8 Å². The van der Waals surface area contributed by atoms with Crippen LogP contribution in [0.2, 0.25) is 0 Å². The molecule has 116 valence electrons. The average Bonchev–Trinajstić information content (AvgIpc) is 3.33. The monoisotopic (exact) mass is 310 g/mol. The van der Waals surface area contributed by atoms with Crippen molar-refractivity contribution in [1.29, 1.82) is 0 Å². The third kappa shape index (κ3) is 1.55. The van der Waals surface area contributed by atoms with Crippen LogP contribution in [0.1, 0.15) is 33.6 Å². The van der Waals surface area contributed by atoms with Crippen LogP contribution in [0.4, 0.5) is 0 Å². The van der Waals surface area contributed by atoms with Crippen molar-refractivity contribution >= 4 is 22.3 Å². The van der Waals surface area contributed by atoms with Gasteiger partial charge in [0.05, 0.1) is 23.3 Å². The van der Waals surface area contributed by atoms with Crippen molar-refractivity contribution in [2.45, 2.75) is 25.0 Å². The fourth-order valence-electron chi connectivity index (χ4n) is 4.26. The first kappa shape index (κ1) is 13.1. The van der Waals surface area contributed by atoms with Crippen molar-refractivity contribution in [3.63, 3.8) is 0 Å². The van der Waals surface area contributed by atoms with Gasteiger partial charge in [0, 0.05) is 22.6 Å². The van der Waals surface area contributed by atoms with E-state index in [1.807, 2.05) is 0 Å². The van der Waals surface area contributed by atoms with E-state index in [0.29, 0.717) is 23.6 Å². The van der Waals surface area contributed by atoms with Crippen molar-refractivity contribution in [1.82, 2.24) is 0 Å². The number of rotatable bonds is 0. The van der Waals surface area contributed by atoms with Crippen molar-refractivity contribution in [3.8, 4) is 11.5 Å². The molecule has 3 aliphatic rings. The number of phenols is 2. The Bertz CT molecular complexity index is 827. The summed E-state index contributed by atoms with van der Waals surface area (Å²) in [6.45, 7) is 0. The number of hydrogen-bond acceptors (Lipinski definition) is 5. The molecule has 2 aromatic rings. The first-order valence-electron chi connectivity index (χ1n) is 7.78. The number of ketones is 2. The lowest BCUT2D eigenvalue weighted by Gasteiger charge is -2.33. The van der Waals surface area contributed by atoms with Crippen LogP contribution < -0.4 is 0 Å². The van der Waals surface area contributed by atoms with Crippen LogP contribution in [0.5, 0.6) is 11.5 Å². The number of hydrogen-bond donors (Lipinski definition) is 2. The van der Waals surface area contributed by atoms with Gasteiger partial charge in [0.25, 0.3) is 0 Å². The summed E-state index contributed by atoms with van der Waals surface area (Å²) in [4.78, 5) is 25.8. The highest BCUT2D eigenvalue weighted by Gasteiger charge is 2.56. The van der Waals surface area contributed by atoms with E-state index in [1.54, 1.807) is 24.3 Å². The van der Waals surface area contributed by atoms with Gasteiger partial charge in [0.15, 0.2) is 11.6 Å². The molecule has 2 fully saturated rings. The standard InChI is InChI=1S/C18H14O5/c19-15-7-3-1-2-4-8(7)16(20)14-13(15)17(21)9-5-11-12(23-11)6-10(9)18(14)22/h1-4,9-12,19-20H,5-6H2. The molecule has 0 aromatic heterocycles. The maximum Gasteiger partial charge on any atom is 0.171 e. The van der Waals surface area contributed by atoms with E-state index in [4.69, 9.17) is 4.74 Å². The maximum atomic E-state index is 12.9.